The molecule has 1 aliphatic heterocycles. The summed E-state index contributed by atoms with van der Waals surface area (Å²) >= 11 is 5.86. The van der Waals surface area contributed by atoms with Crippen LogP contribution in [0.3, 0.4) is 0 Å². The van der Waals surface area contributed by atoms with Crippen molar-refractivity contribution >= 4 is 29.6 Å². The molecule has 0 spiro atoms. The number of hydrogen-bond donors (Lipinski definition) is 0. The largest absolute Gasteiger partial charge is 0.425 e. The van der Waals surface area contributed by atoms with E-state index >= 15 is 0 Å². The number of aryl methyl sites for hydroxylation is 1. The molecule has 1 aliphatic rings. The molecule has 0 saturated heterocycles. The second-order valence-electron chi connectivity index (χ2n) is 3.50. The van der Waals surface area contributed by atoms with E-state index in [9.17, 15) is 14.4 Å². The van der Waals surface area contributed by atoms with E-state index in [0.29, 0.717) is 10.6 Å². The molecule has 1 unspecified atom stereocenters. The number of esters is 1. The van der Waals surface area contributed by atoms with E-state index in [1.807, 2.05) is 0 Å². The van der Waals surface area contributed by atoms with Gasteiger partial charge in [-0.1, -0.05) is 11.6 Å². The van der Waals surface area contributed by atoms with Crippen molar-refractivity contribution in [2.45, 2.75) is 6.92 Å². The Bertz CT molecular complexity index is 507. The Morgan fingerprint density at radius 2 is 2.06 bits per heavy atom. The van der Waals surface area contributed by atoms with Gasteiger partial charge in [-0.15, -0.1) is 0 Å². The van der Waals surface area contributed by atoms with Gasteiger partial charge < -0.3 is 9.53 Å². The number of halogens is 1. The normalized spacial score (nSPS) is 19.0. The van der Waals surface area contributed by atoms with Crippen molar-refractivity contribution in [1.29, 1.82) is 0 Å². The van der Waals surface area contributed by atoms with Crippen molar-refractivity contribution in [2.24, 2.45) is 5.92 Å². The van der Waals surface area contributed by atoms with Crippen LogP contribution >= 0.6 is 11.6 Å². The quantitative estimate of drug-likeness (QED) is 0.322. The second kappa shape index (κ2) is 3.72. The van der Waals surface area contributed by atoms with Crippen LogP contribution in [0.25, 0.3) is 0 Å². The summed E-state index contributed by atoms with van der Waals surface area (Å²) in [7, 11) is 0. The van der Waals surface area contributed by atoms with E-state index in [1.165, 1.54) is 12.1 Å². The van der Waals surface area contributed by atoms with Gasteiger partial charge in [0, 0.05) is 5.02 Å². The molecule has 0 saturated carbocycles. The fourth-order valence-electron chi connectivity index (χ4n) is 1.50. The number of fused-ring (bicyclic) bond motifs is 1. The Labute approximate surface area is 96.2 Å². The maximum absolute atomic E-state index is 11.7. The van der Waals surface area contributed by atoms with Gasteiger partial charge in [-0.2, -0.15) is 0 Å². The zero-order chi connectivity index (χ0) is 11.9. The van der Waals surface area contributed by atoms with Crippen molar-refractivity contribution in [2.75, 3.05) is 0 Å². The Hall–Kier alpha value is -1.68. The SMILES string of the molecule is Cc1cc2c(cc1Cl)C(=O)C(C=O)C(=O)O2. The van der Waals surface area contributed by atoms with Gasteiger partial charge in [-0.05, 0) is 24.6 Å². The number of rotatable bonds is 1. The zero-order valence-electron chi connectivity index (χ0n) is 8.32. The van der Waals surface area contributed by atoms with Crippen LogP contribution < -0.4 is 4.74 Å². The van der Waals surface area contributed by atoms with E-state index in [0.717, 1.165) is 0 Å². The van der Waals surface area contributed by atoms with Gasteiger partial charge in [-0.3, -0.25) is 9.59 Å². The average molecular weight is 239 g/mol. The second-order valence-corrected chi connectivity index (χ2v) is 3.90. The number of ketones is 1. The molecule has 2 rings (SSSR count). The third-order valence-corrected chi connectivity index (χ3v) is 2.82. The van der Waals surface area contributed by atoms with Crippen LogP contribution in [0.4, 0.5) is 0 Å². The minimum Gasteiger partial charge on any atom is -0.425 e. The Morgan fingerprint density at radius 3 is 2.69 bits per heavy atom. The summed E-state index contributed by atoms with van der Waals surface area (Å²) in [6.07, 6.45) is 0.279. The molecular formula is C11H7ClO4. The first-order valence-electron chi connectivity index (χ1n) is 4.56. The minimum atomic E-state index is -1.37. The highest BCUT2D eigenvalue weighted by molar-refractivity contribution is 6.32. The number of ether oxygens (including phenoxy) is 1. The monoisotopic (exact) mass is 238 g/mol. The summed E-state index contributed by atoms with van der Waals surface area (Å²) in [5.41, 5.74) is 0.873. The lowest BCUT2D eigenvalue weighted by atomic mass is 9.95. The first-order valence-corrected chi connectivity index (χ1v) is 4.93. The molecule has 5 heteroatoms. The van der Waals surface area contributed by atoms with Crippen molar-refractivity contribution in [3.05, 3.63) is 28.3 Å². The molecule has 1 aromatic carbocycles. The standard InChI is InChI=1S/C11H7ClO4/c1-5-2-9-6(3-8(5)12)10(14)7(4-13)11(15)16-9/h2-4,7H,1H3. The van der Waals surface area contributed by atoms with Gasteiger partial charge in [0.05, 0.1) is 5.56 Å². The van der Waals surface area contributed by atoms with Gasteiger partial charge in [0.25, 0.3) is 0 Å². The van der Waals surface area contributed by atoms with Gasteiger partial charge in [-0.25, -0.2) is 0 Å². The molecule has 82 valence electrons. The number of Topliss-reactive ketones (excluding diaryl/α,β-unsaturated/α-hetero) is 1. The summed E-state index contributed by atoms with van der Waals surface area (Å²) in [5.74, 6) is -2.61. The van der Waals surface area contributed by atoms with E-state index in [2.05, 4.69) is 0 Å². The molecule has 0 aromatic heterocycles. The van der Waals surface area contributed by atoms with E-state index < -0.39 is 17.7 Å². The third kappa shape index (κ3) is 1.51. The molecule has 0 amide bonds. The van der Waals surface area contributed by atoms with Gasteiger partial charge in [0.15, 0.2) is 11.7 Å². The number of hydrogen-bond acceptors (Lipinski definition) is 4. The highest BCUT2D eigenvalue weighted by Gasteiger charge is 2.36. The summed E-state index contributed by atoms with van der Waals surface area (Å²) in [6.45, 7) is 1.73. The molecular weight excluding hydrogens is 232 g/mol. The number of carbonyl (C=O) groups is 3. The van der Waals surface area contributed by atoms with Crippen LogP contribution in [0.1, 0.15) is 15.9 Å². The van der Waals surface area contributed by atoms with Crippen LogP contribution in [0.2, 0.25) is 5.02 Å². The van der Waals surface area contributed by atoms with E-state index in [4.69, 9.17) is 16.3 Å². The molecule has 16 heavy (non-hydrogen) atoms. The Morgan fingerprint density at radius 1 is 1.38 bits per heavy atom. The van der Waals surface area contributed by atoms with Crippen LogP contribution in [0.5, 0.6) is 5.75 Å². The van der Waals surface area contributed by atoms with E-state index in [-0.39, 0.29) is 17.6 Å². The van der Waals surface area contributed by atoms with Gasteiger partial charge >= 0.3 is 5.97 Å². The third-order valence-electron chi connectivity index (χ3n) is 2.41. The van der Waals surface area contributed by atoms with E-state index in [1.54, 1.807) is 6.92 Å². The first-order chi connectivity index (χ1) is 7.54. The molecule has 1 atom stereocenters. The van der Waals surface area contributed by atoms with Crippen LogP contribution in [0.15, 0.2) is 12.1 Å². The van der Waals surface area contributed by atoms with Gasteiger partial charge in [0.2, 0.25) is 0 Å². The summed E-state index contributed by atoms with van der Waals surface area (Å²) in [5, 5.41) is 0.398. The Kier molecular flexibility index (Phi) is 2.52. The minimum absolute atomic E-state index is 0.162. The van der Waals surface area contributed by atoms with Crippen LogP contribution in [-0.4, -0.2) is 18.0 Å². The average Bonchev–Trinajstić information content (AvgIpc) is 2.22. The van der Waals surface area contributed by atoms with Crippen LogP contribution in [0, 0.1) is 12.8 Å². The number of aldehydes is 1. The molecule has 0 radical (unpaired) electrons. The zero-order valence-corrected chi connectivity index (χ0v) is 9.08. The summed E-state index contributed by atoms with van der Waals surface area (Å²) in [6, 6.07) is 2.92. The predicted octanol–water partition coefficient (Wildman–Crippen LogP) is 1.57. The summed E-state index contributed by atoms with van der Waals surface area (Å²) in [4.78, 5) is 33.6. The highest BCUT2D eigenvalue weighted by atomic mass is 35.5. The lowest BCUT2D eigenvalue weighted by Gasteiger charge is -2.19. The highest BCUT2D eigenvalue weighted by Crippen LogP contribution is 2.32. The number of benzene rings is 1. The topological polar surface area (TPSA) is 60.4 Å². The van der Waals surface area contributed by atoms with Crippen LogP contribution in [-0.2, 0) is 9.59 Å². The van der Waals surface area contributed by atoms with Crippen molar-refractivity contribution in [3.8, 4) is 5.75 Å². The number of carbonyl (C=O) groups excluding carboxylic acids is 3. The fraction of sp³-hybridized carbons (Fsp3) is 0.182. The molecule has 0 bridgehead atoms. The first kappa shape index (κ1) is 10.8. The molecule has 0 N–H and O–H groups in total. The lowest BCUT2D eigenvalue weighted by Crippen LogP contribution is -2.34. The molecule has 0 aliphatic carbocycles. The van der Waals surface area contributed by atoms with Crippen molar-refractivity contribution < 1.29 is 19.1 Å². The molecule has 4 nitrogen and oxygen atoms in total. The van der Waals surface area contributed by atoms with Crippen molar-refractivity contribution in [1.82, 2.24) is 0 Å². The summed E-state index contributed by atoms with van der Waals surface area (Å²) < 4.78 is 4.89. The maximum atomic E-state index is 11.7. The molecule has 1 aromatic rings. The van der Waals surface area contributed by atoms with Crippen molar-refractivity contribution in [3.63, 3.8) is 0 Å². The smallest absolute Gasteiger partial charge is 0.329 e. The lowest BCUT2D eigenvalue weighted by molar-refractivity contribution is -0.139. The van der Waals surface area contributed by atoms with Gasteiger partial charge in [0.1, 0.15) is 12.0 Å². The predicted molar refractivity (Wildman–Crippen MR) is 55.7 cm³/mol. The Balaban J connectivity index is 2.60. The maximum Gasteiger partial charge on any atom is 0.329 e. The molecule has 1 heterocycles. The fourth-order valence-corrected chi connectivity index (χ4v) is 1.66. The molecule has 0 fully saturated rings.